The van der Waals surface area contributed by atoms with Gasteiger partial charge in [-0.1, -0.05) is 80.6 Å². The summed E-state index contributed by atoms with van der Waals surface area (Å²) in [7, 11) is 0. The topological polar surface area (TPSA) is 48.1 Å². The second-order valence-corrected chi connectivity index (χ2v) is 10.7. The Morgan fingerprint density at radius 2 is 1.16 bits per heavy atom. The van der Waals surface area contributed by atoms with Crippen LogP contribution in [-0.2, 0) is 13.1 Å². The molecular weight excluding hydrogens is 553 g/mol. The van der Waals surface area contributed by atoms with Gasteiger partial charge < -0.3 is 20.2 Å². The van der Waals surface area contributed by atoms with Gasteiger partial charge in [-0.3, -0.25) is 0 Å². The van der Waals surface area contributed by atoms with Gasteiger partial charge in [-0.25, -0.2) is 9.97 Å². The van der Waals surface area contributed by atoms with Crippen LogP contribution in [0.2, 0.25) is 0 Å². The van der Waals surface area contributed by atoms with Gasteiger partial charge in [0.15, 0.2) is 0 Å². The zero-order chi connectivity index (χ0) is 29.4. The summed E-state index contributed by atoms with van der Waals surface area (Å²) in [6, 6.07) is 35.4. The fraction of sp³-hybridized carbons (Fsp3) is 0.243. The molecule has 0 spiro atoms. The Bertz CT molecular complexity index is 1810. The van der Waals surface area contributed by atoms with Crippen molar-refractivity contribution in [1.82, 2.24) is 24.0 Å². The van der Waals surface area contributed by atoms with Crippen molar-refractivity contribution in [3.8, 4) is 28.5 Å². The molecule has 220 valence electrons. The molecule has 0 bridgehead atoms. The molecule has 0 N–H and O–H groups in total. The van der Waals surface area contributed by atoms with Crippen molar-refractivity contribution < 1.29 is 35.7 Å². The maximum absolute atomic E-state index is 6.04. The molecule has 0 amide bonds. The molecule has 6 rings (SSSR count). The second-order valence-electron chi connectivity index (χ2n) is 10.7. The fourth-order valence-electron chi connectivity index (χ4n) is 5.63. The van der Waals surface area contributed by atoms with Crippen molar-refractivity contribution in [2.75, 3.05) is 26.2 Å². The predicted molar refractivity (Wildman–Crippen MR) is 178 cm³/mol. The Balaban J connectivity index is 0.00000230. The molecule has 6 aromatic rings. The minimum Gasteiger partial charge on any atom is -1.00 e. The summed E-state index contributed by atoms with van der Waals surface area (Å²) in [6.45, 7) is 9.79. The van der Waals surface area contributed by atoms with Crippen LogP contribution in [0.3, 0.4) is 0 Å². The number of fused-ring (bicyclic) bond motifs is 2. The van der Waals surface area contributed by atoms with Gasteiger partial charge in [0, 0.05) is 30.8 Å². The van der Waals surface area contributed by atoms with Crippen LogP contribution in [0.15, 0.2) is 115 Å². The summed E-state index contributed by atoms with van der Waals surface area (Å²) in [5.41, 5.74) is 6.45. The summed E-state index contributed by atoms with van der Waals surface area (Å²) in [6.07, 6.45) is 5.48. The normalized spacial score (nSPS) is 11.5. The fourth-order valence-corrected chi connectivity index (χ4v) is 5.63. The Labute approximate surface area is 283 Å². The predicted octanol–water partition coefficient (Wildman–Crippen LogP) is 5.20. The third-order valence-electron chi connectivity index (χ3n) is 7.98. The number of hydrogen-bond acceptors (Lipinski definition) is 4. The molecule has 4 aromatic carbocycles. The standard InChI is InChI=1S/C37H39N5O.Na.H/c1-3-40(4-2)25-14-28-43-31-23-21-30(22-24-31)37-39-33-18-9-11-20-35(33)42(37)27-13-12-26-41-34-19-10-8-17-32(34)38-36(41)29-15-6-5-7-16-29;;/h5-13,15-24H,3-4,14,25-28H2,1-2H3;;/q;+1;-1. The molecule has 0 aliphatic rings. The SMILES string of the molecule is CCN(CC)CCCOc1ccc(-c2nc3ccccc3n2CC=CCn2c(-c3ccccc3)nc3ccccc32)cc1.[H-].[Na+]. The maximum Gasteiger partial charge on any atom is 1.00 e. The van der Waals surface area contributed by atoms with Crippen LogP contribution in [0.5, 0.6) is 5.75 Å². The number of rotatable bonds is 13. The van der Waals surface area contributed by atoms with E-state index in [-0.39, 0.29) is 31.0 Å². The van der Waals surface area contributed by atoms with Crippen molar-refractivity contribution >= 4 is 22.1 Å². The maximum atomic E-state index is 6.04. The van der Waals surface area contributed by atoms with E-state index in [1.807, 2.05) is 18.2 Å². The summed E-state index contributed by atoms with van der Waals surface area (Å²) < 4.78 is 10.6. The van der Waals surface area contributed by atoms with Crippen LogP contribution in [0.4, 0.5) is 0 Å². The average molecular weight is 594 g/mol. The van der Waals surface area contributed by atoms with Gasteiger partial charge in [-0.2, -0.15) is 0 Å². The van der Waals surface area contributed by atoms with E-state index < -0.39 is 0 Å². The molecule has 0 atom stereocenters. The molecule has 7 heteroatoms. The van der Waals surface area contributed by atoms with Gasteiger partial charge in [-0.15, -0.1) is 0 Å². The van der Waals surface area contributed by atoms with Gasteiger partial charge in [-0.05, 0) is 68.0 Å². The smallest absolute Gasteiger partial charge is 1.00 e. The van der Waals surface area contributed by atoms with Crippen LogP contribution in [-0.4, -0.2) is 50.2 Å². The Hall–Kier alpha value is -3.68. The molecule has 0 aliphatic carbocycles. The number of para-hydroxylation sites is 4. The van der Waals surface area contributed by atoms with Crippen LogP contribution >= 0.6 is 0 Å². The van der Waals surface area contributed by atoms with Crippen molar-refractivity contribution in [1.29, 1.82) is 0 Å². The van der Waals surface area contributed by atoms with Gasteiger partial charge in [0.25, 0.3) is 0 Å². The van der Waals surface area contributed by atoms with Gasteiger partial charge in [0.2, 0.25) is 0 Å². The summed E-state index contributed by atoms with van der Waals surface area (Å²) in [4.78, 5) is 12.4. The Morgan fingerprint density at radius 3 is 1.70 bits per heavy atom. The van der Waals surface area contributed by atoms with E-state index >= 15 is 0 Å². The number of hydrogen-bond donors (Lipinski definition) is 0. The van der Waals surface area contributed by atoms with E-state index in [0.717, 1.165) is 89.8 Å². The van der Waals surface area contributed by atoms with E-state index in [1.54, 1.807) is 0 Å². The zero-order valence-electron chi connectivity index (χ0n) is 27.1. The number of allylic oxidation sites excluding steroid dienone is 2. The van der Waals surface area contributed by atoms with Crippen LogP contribution < -0.4 is 34.3 Å². The van der Waals surface area contributed by atoms with Crippen LogP contribution in [0.1, 0.15) is 21.7 Å². The van der Waals surface area contributed by atoms with Gasteiger partial charge in [0.1, 0.15) is 17.4 Å². The van der Waals surface area contributed by atoms with Gasteiger partial charge in [0.05, 0.1) is 28.7 Å². The molecule has 6 nitrogen and oxygen atoms in total. The van der Waals surface area contributed by atoms with Gasteiger partial charge >= 0.3 is 29.6 Å². The number of nitrogens with zero attached hydrogens (tertiary/aromatic N) is 5. The second kappa shape index (κ2) is 15.4. The molecule has 0 saturated heterocycles. The molecule has 2 heterocycles. The van der Waals surface area contributed by atoms with E-state index in [4.69, 9.17) is 14.7 Å². The van der Waals surface area contributed by atoms with Crippen molar-refractivity contribution in [2.45, 2.75) is 33.4 Å². The first-order valence-electron chi connectivity index (χ1n) is 15.3. The number of aromatic nitrogens is 4. The number of ether oxygens (including phenoxy) is 1. The van der Waals surface area contributed by atoms with Crippen molar-refractivity contribution in [3.63, 3.8) is 0 Å². The molecule has 0 fully saturated rings. The first-order valence-corrected chi connectivity index (χ1v) is 15.3. The Morgan fingerprint density at radius 1 is 0.659 bits per heavy atom. The van der Waals surface area contributed by atoms with Crippen molar-refractivity contribution in [2.24, 2.45) is 0 Å². The van der Waals surface area contributed by atoms with E-state index in [1.165, 1.54) is 0 Å². The third-order valence-corrected chi connectivity index (χ3v) is 7.98. The molecule has 0 saturated carbocycles. The first-order chi connectivity index (χ1) is 21.2. The van der Waals surface area contributed by atoms with E-state index in [9.17, 15) is 0 Å². The van der Waals surface area contributed by atoms with E-state index in [2.05, 4.69) is 125 Å². The molecule has 2 aromatic heterocycles. The quantitative estimate of drug-likeness (QED) is 0.105. The molecule has 44 heavy (non-hydrogen) atoms. The number of benzene rings is 4. The summed E-state index contributed by atoms with van der Waals surface area (Å²) in [5, 5.41) is 0. The first kappa shape index (κ1) is 31.7. The van der Waals surface area contributed by atoms with Crippen LogP contribution in [0.25, 0.3) is 44.8 Å². The van der Waals surface area contributed by atoms with E-state index in [0.29, 0.717) is 6.54 Å². The Kier molecular flexibility index (Phi) is 11.1. The zero-order valence-corrected chi connectivity index (χ0v) is 28.1. The minimum atomic E-state index is 0. The third kappa shape index (κ3) is 7.16. The monoisotopic (exact) mass is 593 g/mol. The largest absolute Gasteiger partial charge is 1.00 e. The minimum absolute atomic E-state index is 0. The average Bonchev–Trinajstić information content (AvgIpc) is 3.62. The molecule has 0 radical (unpaired) electrons. The molecular formula is C37H40N5NaO. The summed E-state index contributed by atoms with van der Waals surface area (Å²) in [5.74, 6) is 2.83. The number of imidazole rings is 2. The molecule has 0 unspecified atom stereocenters. The summed E-state index contributed by atoms with van der Waals surface area (Å²) >= 11 is 0. The van der Waals surface area contributed by atoms with Crippen LogP contribution in [0, 0.1) is 0 Å². The molecule has 0 aliphatic heterocycles. The van der Waals surface area contributed by atoms with Crippen molar-refractivity contribution in [3.05, 3.63) is 115 Å².